The van der Waals surface area contributed by atoms with Crippen molar-refractivity contribution in [3.8, 4) is 11.4 Å². The Morgan fingerprint density at radius 1 is 0.818 bits per heavy atom. The van der Waals surface area contributed by atoms with E-state index in [1.54, 1.807) is 0 Å². The summed E-state index contributed by atoms with van der Waals surface area (Å²) in [7, 11) is 0. The standard InChI is InChI=1S/C20H22N2/c1-13-14(2)18(20(4,5)15(13)3)16-9-8-12-22-19(16)17-10-6-7-11-21-17/h6-12H,1-5H3. The number of hydrogen-bond acceptors (Lipinski definition) is 2. The molecule has 0 aliphatic heterocycles. The molecule has 0 spiro atoms. The van der Waals surface area contributed by atoms with Crippen molar-refractivity contribution in [2.45, 2.75) is 34.6 Å². The molecule has 0 N–H and O–H groups in total. The molecule has 0 aromatic carbocycles. The monoisotopic (exact) mass is 290 g/mol. The minimum atomic E-state index is 0.0285. The SMILES string of the molecule is CC1=C(C)C(C)(C)C(c2cccnc2-c2ccccn2)=C1C. The number of rotatable bonds is 2. The quantitative estimate of drug-likeness (QED) is 0.750. The second-order valence-electron chi connectivity index (χ2n) is 6.49. The number of aromatic nitrogens is 2. The lowest BCUT2D eigenvalue weighted by atomic mass is 9.77. The Morgan fingerprint density at radius 2 is 1.55 bits per heavy atom. The van der Waals surface area contributed by atoms with E-state index < -0.39 is 0 Å². The number of nitrogens with zero attached hydrogens (tertiary/aromatic N) is 2. The van der Waals surface area contributed by atoms with E-state index in [1.165, 1.54) is 27.9 Å². The highest BCUT2D eigenvalue weighted by Crippen LogP contribution is 2.52. The Kier molecular flexibility index (Phi) is 3.48. The van der Waals surface area contributed by atoms with Gasteiger partial charge < -0.3 is 0 Å². The highest BCUT2D eigenvalue weighted by Gasteiger charge is 2.36. The first kappa shape index (κ1) is 14.7. The largest absolute Gasteiger partial charge is 0.255 e. The minimum absolute atomic E-state index is 0.0285. The lowest BCUT2D eigenvalue weighted by Gasteiger charge is -2.27. The summed E-state index contributed by atoms with van der Waals surface area (Å²) in [5, 5.41) is 0. The fraction of sp³-hybridized carbons (Fsp3) is 0.300. The Morgan fingerprint density at radius 3 is 2.14 bits per heavy atom. The molecule has 1 aliphatic carbocycles. The average molecular weight is 290 g/mol. The lowest BCUT2D eigenvalue weighted by Crippen LogP contribution is -2.14. The van der Waals surface area contributed by atoms with Gasteiger partial charge in [-0.25, -0.2) is 0 Å². The molecule has 0 amide bonds. The van der Waals surface area contributed by atoms with E-state index in [0.29, 0.717) is 0 Å². The molecule has 0 saturated carbocycles. The minimum Gasteiger partial charge on any atom is -0.255 e. The summed E-state index contributed by atoms with van der Waals surface area (Å²) in [5.41, 5.74) is 8.70. The normalized spacial score (nSPS) is 17.3. The first-order valence-corrected chi connectivity index (χ1v) is 7.71. The van der Waals surface area contributed by atoms with Gasteiger partial charge in [-0.05, 0) is 55.7 Å². The van der Waals surface area contributed by atoms with Crippen LogP contribution in [0, 0.1) is 5.41 Å². The van der Waals surface area contributed by atoms with Crippen molar-refractivity contribution in [2.24, 2.45) is 5.41 Å². The van der Waals surface area contributed by atoms with Crippen molar-refractivity contribution >= 4 is 5.57 Å². The van der Waals surface area contributed by atoms with E-state index in [4.69, 9.17) is 0 Å². The third-order valence-corrected chi connectivity index (χ3v) is 5.05. The molecule has 2 heteroatoms. The summed E-state index contributed by atoms with van der Waals surface area (Å²) < 4.78 is 0. The molecule has 0 bridgehead atoms. The third kappa shape index (κ3) is 2.10. The van der Waals surface area contributed by atoms with Gasteiger partial charge in [0.05, 0.1) is 11.4 Å². The summed E-state index contributed by atoms with van der Waals surface area (Å²) in [4.78, 5) is 9.12. The van der Waals surface area contributed by atoms with E-state index in [-0.39, 0.29) is 5.41 Å². The maximum atomic E-state index is 4.63. The second-order valence-corrected chi connectivity index (χ2v) is 6.49. The lowest BCUT2D eigenvalue weighted by molar-refractivity contribution is 0.609. The summed E-state index contributed by atoms with van der Waals surface area (Å²) in [5.74, 6) is 0. The molecule has 1 aliphatic rings. The van der Waals surface area contributed by atoms with E-state index in [9.17, 15) is 0 Å². The molecule has 0 atom stereocenters. The van der Waals surface area contributed by atoms with Crippen LogP contribution in [0.5, 0.6) is 0 Å². The van der Waals surface area contributed by atoms with Crippen molar-refractivity contribution in [1.82, 2.24) is 9.97 Å². The van der Waals surface area contributed by atoms with E-state index >= 15 is 0 Å². The van der Waals surface area contributed by atoms with Crippen molar-refractivity contribution < 1.29 is 0 Å². The van der Waals surface area contributed by atoms with Gasteiger partial charge in [0.1, 0.15) is 0 Å². The highest BCUT2D eigenvalue weighted by atomic mass is 14.8. The molecule has 22 heavy (non-hydrogen) atoms. The third-order valence-electron chi connectivity index (χ3n) is 5.05. The van der Waals surface area contributed by atoms with Crippen LogP contribution in [0.1, 0.15) is 40.2 Å². The van der Waals surface area contributed by atoms with Gasteiger partial charge in [0.25, 0.3) is 0 Å². The molecular weight excluding hydrogens is 268 g/mol. The zero-order valence-electron chi connectivity index (χ0n) is 13.9. The zero-order chi connectivity index (χ0) is 15.9. The zero-order valence-corrected chi connectivity index (χ0v) is 13.9. The van der Waals surface area contributed by atoms with Gasteiger partial charge in [-0.2, -0.15) is 0 Å². The van der Waals surface area contributed by atoms with E-state index in [1.807, 2.05) is 36.7 Å². The molecule has 0 saturated heterocycles. The van der Waals surface area contributed by atoms with Crippen LogP contribution >= 0.6 is 0 Å². The second kappa shape index (κ2) is 5.20. The first-order valence-electron chi connectivity index (χ1n) is 7.71. The van der Waals surface area contributed by atoms with Crippen LogP contribution in [0.25, 0.3) is 17.0 Å². The number of pyridine rings is 2. The molecule has 0 unspecified atom stereocenters. The average Bonchev–Trinajstić information content (AvgIpc) is 2.68. The Labute approximate surface area is 132 Å². The molecule has 0 radical (unpaired) electrons. The maximum absolute atomic E-state index is 4.63. The van der Waals surface area contributed by atoms with Gasteiger partial charge in [-0.15, -0.1) is 0 Å². The van der Waals surface area contributed by atoms with Crippen LogP contribution < -0.4 is 0 Å². The van der Waals surface area contributed by atoms with Crippen LogP contribution in [0.4, 0.5) is 0 Å². The smallest absolute Gasteiger partial charge is 0.0961 e. The molecule has 2 aromatic heterocycles. The number of allylic oxidation sites excluding steroid dienone is 4. The Bertz CT molecular complexity index is 780. The predicted molar refractivity (Wildman–Crippen MR) is 92.2 cm³/mol. The van der Waals surface area contributed by atoms with Gasteiger partial charge in [0.2, 0.25) is 0 Å². The maximum Gasteiger partial charge on any atom is 0.0961 e. The van der Waals surface area contributed by atoms with E-state index in [2.05, 4.69) is 50.7 Å². The Hall–Kier alpha value is -2.22. The van der Waals surface area contributed by atoms with Gasteiger partial charge >= 0.3 is 0 Å². The van der Waals surface area contributed by atoms with E-state index in [0.717, 1.165) is 11.4 Å². The van der Waals surface area contributed by atoms with Crippen molar-refractivity contribution in [1.29, 1.82) is 0 Å². The topological polar surface area (TPSA) is 25.8 Å². The predicted octanol–water partition coefficient (Wildman–Crippen LogP) is 5.29. The molecule has 2 heterocycles. The van der Waals surface area contributed by atoms with Crippen LogP contribution in [-0.4, -0.2) is 9.97 Å². The van der Waals surface area contributed by atoms with Gasteiger partial charge in [-0.3, -0.25) is 9.97 Å². The fourth-order valence-electron chi connectivity index (χ4n) is 3.45. The summed E-state index contributed by atoms with van der Waals surface area (Å²) >= 11 is 0. The molecule has 112 valence electrons. The molecule has 0 fully saturated rings. The van der Waals surface area contributed by atoms with Crippen molar-refractivity contribution in [3.63, 3.8) is 0 Å². The summed E-state index contributed by atoms with van der Waals surface area (Å²) in [6.07, 6.45) is 3.67. The van der Waals surface area contributed by atoms with Crippen LogP contribution in [0.2, 0.25) is 0 Å². The first-order chi connectivity index (χ1) is 10.4. The van der Waals surface area contributed by atoms with Crippen LogP contribution in [0.3, 0.4) is 0 Å². The molecular formula is C20H22N2. The fourth-order valence-corrected chi connectivity index (χ4v) is 3.45. The van der Waals surface area contributed by atoms with Gasteiger partial charge in [0, 0.05) is 23.4 Å². The van der Waals surface area contributed by atoms with Crippen LogP contribution in [0.15, 0.2) is 59.4 Å². The van der Waals surface area contributed by atoms with Gasteiger partial charge in [-0.1, -0.05) is 31.6 Å². The summed E-state index contributed by atoms with van der Waals surface area (Å²) in [6.45, 7) is 11.3. The molecule has 2 nitrogen and oxygen atoms in total. The van der Waals surface area contributed by atoms with Crippen molar-refractivity contribution in [2.75, 3.05) is 0 Å². The van der Waals surface area contributed by atoms with Gasteiger partial charge in [0.15, 0.2) is 0 Å². The van der Waals surface area contributed by atoms with Crippen molar-refractivity contribution in [3.05, 3.63) is 65.0 Å². The molecule has 2 aromatic rings. The Balaban J connectivity index is 2.24. The summed E-state index contributed by atoms with van der Waals surface area (Å²) in [6, 6.07) is 10.2. The number of hydrogen-bond donors (Lipinski definition) is 0. The highest BCUT2D eigenvalue weighted by molar-refractivity contribution is 5.87. The molecule has 3 rings (SSSR count). The van der Waals surface area contributed by atoms with Crippen LogP contribution in [-0.2, 0) is 0 Å².